The van der Waals surface area contributed by atoms with Crippen LogP contribution in [-0.4, -0.2) is 34.8 Å². The third-order valence-electron chi connectivity index (χ3n) is 8.56. The minimum atomic E-state index is -3.80. The summed E-state index contributed by atoms with van der Waals surface area (Å²) in [4.78, 5) is 0.138. The Labute approximate surface area is 278 Å². The van der Waals surface area contributed by atoms with Crippen LogP contribution in [0.4, 0.5) is 0 Å². The van der Waals surface area contributed by atoms with Crippen LogP contribution in [0.25, 0.3) is 0 Å². The molecule has 0 amide bonds. The molecule has 5 aromatic rings. The average molecular weight is 649 g/mol. The van der Waals surface area contributed by atoms with Gasteiger partial charge in [-0.15, -0.1) is 0 Å². The van der Waals surface area contributed by atoms with Gasteiger partial charge in [-0.05, 0) is 89.9 Å². The Morgan fingerprint density at radius 3 is 2.09 bits per heavy atom. The SMILES string of the molecule is Cc1ccc(S(=O)(=O)OCCOCCOc2ccc([C@H]3c4ccc(OCc5ccccc5)cc4CC[C@H]3c3ccccc3)cc2)cc1. The molecule has 1 aliphatic carbocycles. The molecule has 5 aromatic carbocycles. The molecule has 242 valence electrons. The smallest absolute Gasteiger partial charge is 0.297 e. The van der Waals surface area contributed by atoms with E-state index in [0.717, 1.165) is 35.5 Å². The first kappa shape index (κ1) is 32.5. The Hall–Kier alpha value is -4.43. The fraction of sp³-hybridized carbons (Fsp3) is 0.250. The molecule has 0 N–H and O–H groups in total. The van der Waals surface area contributed by atoms with Crippen molar-refractivity contribution in [1.82, 2.24) is 0 Å². The average Bonchev–Trinajstić information content (AvgIpc) is 3.11. The first-order valence-electron chi connectivity index (χ1n) is 16.1. The minimum absolute atomic E-state index is 0.0585. The van der Waals surface area contributed by atoms with Gasteiger partial charge in [-0.25, -0.2) is 0 Å². The second kappa shape index (κ2) is 15.4. The second-order valence-corrected chi connectivity index (χ2v) is 13.4. The zero-order chi connectivity index (χ0) is 32.5. The summed E-state index contributed by atoms with van der Waals surface area (Å²) in [5.74, 6) is 2.22. The Morgan fingerprint density at radius 2 is 1.34 bits per heavy atom. The van der Waals surface area contributed by atoms with E-state index < -0.39 is 10.1 Å². The maximum Gasteiger partial charge on any atom is 0.297 e. The van der Waals surface area contributed by atoms with Gasteiger partial charge in [0, 0.05) is 5.92 Å². The van der Waals surface area contributed by atoms with Gasteiger partial charge in [-0.3, -0.25) is 4.18 Å². The monoisotopic (exact) mass is 648 g/mol. The molecule has 1 aliphatic rings. The number of hydrogen-bond acceptors (Lipinski definition) is 6. The van der Waals surface area contributed by atoms with Crippen LogP contribution in [0.1, 0.15) is 51.6 Å². The van der Waals surface area contributed by atoms with Crippen LogP contribution in [0.3, 0.4) is 0 Å². The summed E-state index contributed by atoms with van der Waals surface area (Å²) in [6.07, 6.45) is 2.05. The van der Waals surface area contributed by atoms with Crippen LogP contribution in [0, 0.1) is 6.92 Å². The molecule has 0 aliphatic heterocycles. The van der Waals surface area contributed by atoms with E-state index in [1.54, 1.807) is 24.3 Å². The number of aryl methyl sites for hydroxylation is 2. The Bertz CT molecular complexity index is 1820. The predicted octanol–water partition coefficient (Wildman–Crippen LogP) is 8.24. The molecule has 0 unspecified atom stereocenters. The van der Waals surface area contributed by atoms with Crippen molar-refractivity contribution in [3.8, 4) is 11.5 Å². The number of rotatable bonds is 14. The van der Waals surface area contributed by atoms with E-state index >= 15 is 0 Å². The van der Waals surface area contributed by atoms with Gasteiger partial charge in [0.2, 0.25) is 0 Å². The van der Waals surface area contributed by atoms with E-state index in [1.165, 1.54) is 22.3 Å². The van der Waals surface area contributed by atoms with E-state index in [0.29, 0.717) is 25.7 Å². The summed E-state index contributed by atoms with van der Waals surface area (Å²) in [6.45, 7) is 3.19. The van der Waals surface area contributed by atoms with Crippen molar-refractivity contribution < 1.29 is 26.8 Å². The molecule has 47 heavy (non-hydrogen) atoms. The largest absolute Gasteiger partial charge is 0.491 e. The van der Waals surface area contributed by atoms with E-state index in [2.05, 4.69) is 72.8 Å². The lowest BCUT2D eigenvalue weighted by molar-refractivity contribution is 0.0779. The van der Waals surface area contributed by atoms with E-state index in [4.69, 9.17) is 18.4 Å². The minimum Gasteiger partial charge on any atom is -0.491 e. The summed E-state index contributed by atoms with van der Waals surface area (Å²) < 4.78 is 47.4. The van der Waals surface area contributed by atoms with Crippen molar-refractivity contribution >= 4 is 10.1 Å². The van der Waals surface area contributed by atoms with Gasteiger partial charge in [-0.1, -0.05) is 96.6 Å². The van der Waals surface area contributed by atoms with Gasteiger partial charge in [0.25, 0.3) is 10.1 Å². The fourth-order valence-electron chi connectivity index (χ4n) is 6.17. The lowest BCUT2D eigenvalue weighted by Gasteiger charge is -2.35. The number of ether oxygens (including phenoxy) is 3. The van der Waals surface area contributed by atoms with Crippen LogP contribution in [0.15, 0.2) is 132 Å². The summed E-state index contributed by atoms with van der Waals surface area (Å²) in [7, 11) is -3.80. The highest BCUT2D eigenvalue weighted by atomic mass is 32.2. The van der Waals surface area contributed by atoms with Crippen molar-refractivity contribution in [1.29, 1.82) is 0 Å². The topological polar surface area (TPSA) is 71.1 Å². The molecule has 0 heterocycles. The van der Waals surface area contributed by atoms with Gasteiger partial charge in [-0.2, -0.15) is 8.42 Å². The summed E-state index contributed by atoms with van der Waals surface area (Å²) in [6, 6.07) is 42.5. The van der Waals surface area contributed by atoms with Gasteiger partial charge in [0.05, 0.1) is 24.7 Å². The molecule has 0 fully saturated rings. The molecular weight excluding hydrogens is 609 g/mol. The molecule has 0 saturated heterocycles. The molecule has 0 aromatic heterocycles. The van der Waals surface area contributed by atoms with Crippen LogP contribution in [0.2, 0.25) is 0 Å². The highest BCUT2D eigenvalue weighted by Gasteiger charge is 2.32. The van der Waals surface area contributed by atoms with Crippen molar-refractivity contribution in [2.24, 2.45) is 0 Å². The first-order chi connectivity index (χ1) is 23.0. The molecular formula is C40H40O6S. The van der Waals surface area contributed by atoms with Gasteiger partial charge in [0.1, 0.15) is 24.7 Å². The number of fused-ring (bicyclic) bond motifs is 1. The maximum atomic E-state index is 12.3. The molecule has 6 nitrogen and oxygen atoms in total. The predicted molar refractivity (Wildman–Crippen MR) is 184 cm³/mol. The highest BCUT2D eigenvalue weighted by Crippen LogP contribution is 2.47. The van der Waals surface area contributed by atoms with Crippen molar-refractivity contribution in [3.63, 3.8) is 0 Å². The van der Waals surface area contributed by atoms with E-state index in [-0.39, 0.29) is 24.0 Å². The maximum absolute atomic E-state index is 12.3. The Balaban J connectivity index is 1.05. The molecule has 0 radical (unpaired) electrons. The van der Waals surface area contributed by atoms with Gasteiger partial charge < -0.3 is 14.2 Å². The van der Waals surface area contributed by atoms with Gasteiger partial charge >= 0.3 is 0 Å². The van der Waals surface area contributed by atoms with Crippen molar-refractivity contribution in [3.05, 3.63) is 161 Å². The van der Waals surface area contributed by atoms with Crippen molar-refractivity contribution in [2.75, 3.05) is 26.4 Å². The molecule has 0 spiro atoms. The number of hydrogen-bond donors (Lipinski definition) is 0. The van der Waals surface area contributed by atoms with E-state index in [1.807, 2.05) is 37.3 Å². The molecule has 0 bridgehead atoms. The number of benzene rings is 5. The Kier molecular flexibility index (Phi) is 10.7. The first-order valence-corrected chi connectivity index (χ1v) is 17.5. The Morgan fingerprint density at radius 1 is 0.660 bits per heavy atom. The summed E-state index contributed by atoms with van der Waals surface area (Å²) >= 11 is 0. The lowest BCUT2D eigenvalue weighted by atomic mass is 9.69. The zero-order valence-corrected chi connectivity index (χ0v) is 27.4. The molecule has 6 rings (SSSR count). The zero-order valence-electron chi connectivity index (χ0n) is 26.6. The third-order valence-corrected chi connectivity index (χ3v) is 9.89. The standard InChI is InChI=1S/C40H40O6S/c1-30-12-20-37(21-13-30)47(41,42)46-27-25-43-24-26-44-35-17-14-33(15-18-35)40-38(32-10-6-3-7-11-32)22-16-34-28-36(19-23-39(34)40)45-29-31-8-4-2-5-9-31/h2-15,17-21,23,28,38,40H,16,22,24-27,29H2,1H3/t38-,40+/m0/s1. The molecule has 0 saturated carbocycles. The summed E-state index contributed by atoms with van der Waals surface area (Å²) in [5, 5.41) is 0. The quantitative estimate of drug-likeness (QED) is 0.0893. The van der Waals surface area contributed by atoms with Crippen LogP contribution in [-0.2, 0) is 32.1 Å². The second-order valence-electron chi connectivity index (χ2n) is 11.8. The fourth-order valence-corrected chi connectivity index (χ4v) is 7.06. The molecule has 2 atom stereocenters. The van der Waals surface area contributed by atoms with E-state index in [9.17, 15) is 8.42 Å². The van der Waals surface area contributed by atoms with Crippen molar-refractivity contribution in [2.45, 2.75) is 43.1 Å². The van der Waals surface area contributed by atoms with Crippen LogP contribution < -0.4 is 9.47 Å². The summed E-state index contributed by atoms with van der Waals surface area (Å²) in [5.41, 5.74) is 7.40. The van der Waals surface area contributed by atoms with Gasteiger partial charge in [0.15, 0.2) is 0 Å². The lowest BCUT2D eigenvalue weighted by Crippen LogP contribution is -2.20. The van der Waals surface area contributed by atoms with Crippen LogP contribution in [0.5, 0.6) is 11.5 Å². The normalized spacial score (nSPS) is 15.9. The third kappa shape index (κ3) is 8.49. The molecule has 7 heteroatoms. The highest BCUT2D eigenvalue weighted by molar-refractivity contribution is 7.86. The van der Waals surface area contributed by atoms with Crippen LogP contribution >= 0.6 is 0 Å².